The number of benzene rings is 1. The van der Waals surface area contributed by atoms with E-state index in [9.17, 15) is 19.2 Å². The lowest BCUT2D eigenvalue weighted by Crippen LogP contribution is -2.47. The highest BCUT2D eigenvalue weighted by Crippen LogP contribution is 2.27. The maximum absolute atomic E-state index is 13.7. The first-order valence-corrected chi connectivity index (χ1v) is 17.2. The fourth-order valence-corrected chi connectivity index (χ4v) is 7.49. The normalized spacial score (nSPS) is 21.3. The number of rotatable bonds is 4. The van der Waals surface area contributed by atoms with E-state index in [2.05, 4.69) is 30.8 Å². The molecular weight excluding hydrogens is 611 g/mol. The van der Waals surface area contributed by atoms with Crippen LogP contribution in [0.15, 0.2) is 41.1 Å². The number of amides is 4. The first-order valence-electron chi connectivity index (χ1n) is 15.5. The number of piperidine rings is 1. The van der Waals surface area contributed by atoms with Crippen molar-refractivity contribution in [2.75, 3.05) is 39.8 Å². The van der Waals surface area contributed by atoms with Crippen LogP contribution < -0.4 is 16.0 Å². The van der Waals surface area contributed by atoms with Crippen molar-refractivity contribution in [1.82, 2.24) is 35.7 Å². The van der Waals surface area contributed by atoms with Crippen molar-refractivity contribution < 1.29 is 19.2 Å². The van der Waals surface area contributed by atoms with Gasteiger partial charge in [-0.3, -0.25) is 19.2 Å². The van der Waals surface area contributed by atoms with Crippen molar-refractivity contribution in [1.29, 1.82) is 0 Å². The van der Waals surface area contributed by atoms with E-state index in [4.69, 9.17) is 0 Å². The number of likely N-dealkylation sites (tertiary alicyclic amines) is 1. The summed E-state index contributed by atoms with van der Waals surface area (Å²) in [7, 11) is 2.05. The average molecular weight is 652 g/mol. The molecule has 1 fully saturated rings. The van der Waals surface area contributed by atoms with Crippen LogP contribution in [0.5, 0.6) is 0 Å². The summed E-state index contributed by atoms with van der Waals surface area (Å²) < 4.78 is 0. The smallest absolute Gasteiger partial charge is 0.271 e. The average Bonchev–Trinajstić information content (AvgIpc) is 3.72. The van der Waals surface area contributed by atoms with Gasteiger partial charge in [-0.1, -0.05) is 44.2 Å². The Bertz CT molecular complexity index is 1480. The molecule has 13 heteroatoms. The Morgan fingerprint density at radius 1 is 0.933 bits per heavy atom. The van der Waals surface area contributed by atoms with E-state index in [1.165, 1.54) is 22.7 Å². The molecule has 4 amide bonds. The summed E-state index contributed by atoms with van der Waals surface area (Å²) in [5.41, 5.74) is 1.54. The van der Waals surface area contributed by atoms with E-state index in [0.717, 1.165) is 31.5 Å². The molecule has 4 heterocycles. The zero-order valence-electron chi connectivity index (χ0n) is 26.0. The van der Waals surface area contributed by atoms with Crippen molar-refractivity contribution in [2.24, 2.45) is 11.8 Å². The van der Waals surface area contributed by atoms with Crippen LogP contribution in [0.1, 0.15) is 81.7 Å². The quantitative estimate of drug-likeness (QED) is 0.393. The number of nitrogens with one attached hydrogen (secondary N) is 3. The summed E-state index contributed by atoms with van der Waals surface area (Å²) >= 11 is 2.65. The molecule has 2 aliphatic rings. The van der Waals surface area contributed by atoms with Crippen molar-refractivity contribution >= 4 is 46.3 Å². The summed E-state index contributed by atoms with van der Waals surface area (Å²) in [6.07, 6.45) is 2.46. The van der Waals surface area contributed by atoms with Crippen molar-refractivity contribution in [3.8, 4) is 0 Å². The van der Waals surface area contributed by atoms with Crippen LogP contribution in [0.25, 0.3) is 0 Å². The maximum Gasteiger partial charge on any atom is 0.271 e. The van der Waals surface area contributed by atoms with Gasteiger partial charge >= 0.3 is 0 Å². The Kier molecular flexibility index (Phi) is 11.0. The molecule has 0 spiro atoms. The molecule has 2 atom stereocenters. The number of aromatic nitrogens is 2. The predicted octanol–water partition coefficient (Wildman–Crippen LogP) is 3.43. The Hall–Kier alpha value is -3.68. The number of carbonyl (C=O) groups excluding carboxylic acids is 4. The summed E-state index contributed by atoms with van der Waals surface area (Å²) in [6, 6.07) is 8.90. The zero-order chi connectivity index (χ0) is 31.9. The molecule has 240 valence electrons. The molecule has 0 aliphatic carbocycles. The molecule has 3 N–H and O–H groups in total. The molecule has 4 bridgehead atoms. The number of nitrogens with zero attached hydrogens (tertiary/aromatic N) is 4. The number of thiazole rings is 2. The molecule has 3 aromatic rings. The zero-order valence-corrected chi connectivity index (χ0v) is 27.6. The number of hydrogen-bond acceptors (Lipinski definition) is 9. The fourth-order valence-electron chi connectivity index (χ4n) is 5.62. The van der Waals surface area contributed by atoms with Gasteiger partial charge in [-0.15, -0.1) is 22.7 Å². The van der Waals surface area contributed by atoms with Gasteiger partial charge in [0.05, 0.1) is 18.6 Å². The third-order valence-electron chi connectivity index (χ3n) is 8.25. The maximum atomic E-state index is 13.7. The molecule has 2 aromatic heterocycles. The Morgan fingerprint density at radius 2 is 1.60 bits per heavy atom. The van der Waals surface area contributed by atoms with Crippen LogP contribution in [0, 0.1) is 11.8 Å². The van der Waals surface area contributed by atoms with Gasteiger partial charge in [0.1, 0.15) is 21.4 Å². The summed E-state index contributed by atoms with van der Waals surface area (Å²) in [5.74, 6) is -1.13. The number of hydrogen-bond donors (Lipinski definition) is 3. The SMILES string of the molecule is CC(C)[C@@H]1NC(=O)c2csc(n2)[C@H](Cc2ccccc2)NC(=O)CN(C(=O)C2CCN(C)CC2)CCCNC(=O)c2csc1n2. The lowest BCUT2D eigenvalue weighted by Gasteiger charge is -2.32. The van der Waals surface area contributed by atoms with Gasteiger partial charge in [0.25, 0.3) is 11.8 Å². The van der Waals surface area contributed by atoms with Gasteiger partial charge in [-0.25, -0.2) is 9.97 Å². The van der Waals surface area contributed by atoms with Crippen LogP contribution in [0.2, 0.25) is 0 Å². The van der Waals surface area contributed by atoms with Gasteiger partial charge in [0.2, 0.25) is 11.8 Å². The van der Waals surface area contributed by atoms with E-state index in [1.807, 2.05) is 51.2 Å². The van der Waals surface area contributed by atoms with Gasteiger partial charge in [0.15, 0.2) is 0 Å². The summed E-state index contributed by atoms with van der Waals surface area (Å²) in [6.45, 7) is 6.19. The van der Waals surface area contributed by atoms with Gasteiger partial charge in [0, 0.05) is 29.8 Å². The van der Waals surface area contributed by atoms with E-state index in [1.54, 1.807) is 15.7 Å². The van der Waals surface area contributed by atoms with Crippen molar-refractivity contribution in [2.45, 2.75) is 51.6 Å². The molecule has 45 heavy (non-hydrogen) atoms. The monoisotopic (exact) mass is 651 g/mol. The number of carbonyl (C=O) groups is 4. The lowest BCUT2D eigenvalue weighted by molar-refractivity contribution is -0.140. The minimum absolute atomic E-state index is 0.0152. The molecule has 1 saturated heterocycles. The first kappa shape index (κ1) is 32.7. The molecule has 5 rings (SSSR count). The lowest BCUT2D eigenvalue weighted by atomic mass is 9.95. The minimum Gasteiger partial charge on any atom is -0.351 e. The van der Waals surface area contributed by atoms with Gasteiger partial charge < -0.3 is 25.8 Å². The Morgan fingerprint density at radius 3 is 2.31 bits per heavy atom. The standard InChI is InChI=1S/C32H41N7O4S2/c1-20(2)27-31-36-24(18-45-31)28(41)33-12-7-13-39(32(43)22-10-14-38(3)15-11-22)17-26(40)34-23(16-21-8-5-4-6-9-21)30-35-25(19-44-30)29(42)37-27/h4-6,8-9,18-20,22-23,27H,7,10-17H2,1-3H3,(H,33,41)(H,34,40)(H,37,42)/t23-,27-/m0/s1. The Labute approximate surface area is 271 Å². The highest BCUT2D eigenvalue weighted by atomic mass is 32.1. The summed E-state index contributed by atoms with van der Waals surface area (Å²) in [5, 5.41) is 13.7. The van der Waals surface area contributed by atoms with Crippen LogP contribution in [-0.2, 0) is 16.0 Å². The van der Waals surface area contributed by atoms with Crippen LogP contribution in [0.3, 0.4) is 0 Å². The van der Waals surface area contributed by atoms with Crippen LogP contribution >= 0.6 is 22.7 Å². The van der Waals surface area contributed by atoms with E-state index in [0.29, 0.717) is 35.9 Å². The van der Waals surface area contributed by atoms with Crippen molar-refractivity contribution in [3.05, 3.63) is 68.1 Å². The first-order chi connectivity index (χ1) is 21.7. The molecule has 0 saturated carbocycles. The van der Waals surface area contributed by atoms with E-state index >= 15 is 0 Å². The topological polar surface area (TPSA) is 137 Å². The number of fused-ring (bicyclic) bond motifs is 4. The van der Waals surface area contributed by atoms with Crippen LogP contribution in [-0.4, -0.2) is 83.2 Å². The molecule has 2 aliphatic heterocycles. The summed E-state index contributed by atoms with van der Waals surface area (Å²) in [4.78, 5) is 66.6. The third kappa shape index (κ3) is 8.53. The molecule has 11 nitrogen and oxygen atoms in total. The molecule has 0 radical (unpaired) electrons. The highest BCUT2D eigenvalue weighted by Gasteiger charge is 2.30. The second-order valence-electron chi connectivity index (χ2n) is 12.1. The van der Waals surface area contributed by atoms with Gasteiger partial charge in [-0.05, 0) is 57.3 Å². The Balaban J connectivity index is 1.44. The van der Waals surface area contributed by atoms with Crippen LogP contribution in [0.4, 0.5) is 0 Å². The molecule has 0 unspecified atom stereocenters. The molecule has 1 aromatic carbocycles. The van der Waals surface area contributed by atoms with Gasteiger partial charge in [-0.2, -0.15) is 0 Å². The van der Waals surface area contributed by atoms with Crippen molar-refractivity contribution in [3.63, 3.8) is 0 Å². The second kappa shape index (κ2) is 15.1. The second-order valence-corrected chi connectivity index (χ2v) is 13.9. The predicted molar refractivity (Wildman–Crippen MR) is 174 cm³/mol. The largest absolute Gasteiger partial charge is 0.351 e. The minimum atomic E-state index is -0.490. The van der Waals surface area contributed by atoms with E-state index < -0.39 is 12.1 Å². The fraction of sp³-hybridized carbons (Fsp3) is 0.500. The van der Waals surface area contributed by atoms with E-state index in [-0.39, 0.29) is 53.4 Å². The molecular formula is C32H41N7O4S2. The third-order valence-corrected chi connectivity index (χ3v) is 10.1. The highest BCUT2D eigenvalue weighted by molar-refractivity contribution is 7.10.